The van der Waals surface area contributed by atoms with Crippen LogP contribution in [0.25, 0.3) is 10.9 Å². The van der Waals surface area contributed by atoms with E-state index < -0.39 is 4.92 Å². The highest BCUT2D eigenvalue weighted by molar-refractivity contribution is 9.10. The Labute approximate surface area is 128 Å². The number of ether oxygens (including phenoxy) is 1. The molecule has 0 aliphatic carbocycles. The quantitative estimate of drug-likeness (QED) is 0.510. The molecule has 0 bridgehead atoms. The second-order valence-electron chi connectivity index (χ2n) is 4.32. The molecule has 0 radical (unpaired) electrons. The maximum absolute atomic E-state index is 10.6. The molecule has 5 nitrogen and oxygen atoms in total. The first kappa shape index (κ1) is 13.5. The molecular formula is C15H9BrN2O3. The first-order chi connectivity index (χ1) is 10.1. The molecule has 21 heavy (non-hydrogen) atoms. The van der Waals surface area contributed by atoms with Gasteiger partial charge in [0.2, 0.25) is 0 Å². The van der Waals surface area contributed by atoms with Gasteiger partial charge in [-0.25, -0.2) is 0 Å². The number of rotatable bonds is 3. The lowest BCUT2D eigenvalue weighted by molar-refractivity contribution is -0.384. The van der Waals surface area contributed by atoms with Crippen molar-refractivity contribution in [1.29, 1.82) is 0 Å². The van der Waals surface area contributed by atoms with E-state index in [1.807, 2.05) is 18.2 Å². The topological polar surface area (TPSA) is 65.3 Å². The molecular weight excluding hydrogens is 336 g/mol. The van der Waals surface area contributed by atoms with Gasteiger partial charge in [0.1, 0.15) is 11.5 Å². The third-order valence-corrected chi connectivity index (χ3v) is 3.43. The van der Waals surface area contributed by atoms with Gasteiger partial charge in [-0.15, -0.1) is 0 Å². The maximum Gasteiger partial charge on any atom is 0.269 e. The predicted molar refractivity (Wildman–Crippen MR) is 82.6 cm³/mol. The van der Waals surface area contributed by atoms with Crippen molar-refractivity contribution in [1.82, 2.24) is 4.98 Å². The van der Waals surface area contributed by atoms with Crippen LogP contribution >= 0.6 is 15.9 Å². The molecule has 1 heterocycles. The molecule has 2 aromatic carbocycles. The molecule has 0 atom stereocenters. The van der Waals surface area contributed by atoms with Gasteiger partial charge in [-0.05, 0) is 36.4 Å². The normalized spacial score (nSPS) is 10.5. The Balaban J connectivity index is 1.96. The van der Waals surface area contributed by atoms with Gasteiger partial charge in [0.25, 0.3) is 5.69 Å². The number of pyridine rings is 1. The van der Waals surface area contributed by atoms with E-state index in [2.05, 4.69) is 20.9 Å². The van der Waals surface area contributed by atoms with Gasteiger partial charge >= 0.3 is 0 Å². The zero-order valence-corrected chi connectivity index (χ0v) is 12.3. The van der Waals surface area contributed by atoms with Gasteiger partial charge in [-0.3, -0.25) is 15.1 Å². The highest BCUT2D eigenvalue weighted by Crippen LogP contribution is 2.30. The molecule has 0 saturated heterocycles. The SMILES string of the molecule is O=[N+]([O-])c1ccc(Oc2ccnc3cc(Br)ccc23)cc1. The number of benzene rings is 2. The van der Waals surface area contributed by atoms with Crippen LogP contribution in [0.3, 0.4) is 0 Å². The summed E-state index contributed by atoms with van der Waals surface area (Å²) in [5.74, 6) is 1.19. The summed E-state index contributed by atoms with van der Waals surface area (Å²) in [6.07, 6.45) is 1.66. The average Bonchev–Trinajstić information content (AvgIpc) is 2.47. The highest BCUT2D eigenvalue weighted by Gasteiger charge is 2.07. The Hall–Kier alpha value is -2.47. The number of nitro groups is 1. The Morgan fingerprint density at radius 2 is 1.86 bits per heavy atom. The minimum atomic E-state index is -0.441. The van der Waals surface area contributed by atoms with E-state index in [0.717, 1.165) is 15.4 Å². The van der Waals surface area contributed by atoms with E-state index in [1.165, 1.54) is 12.1 Å². The van der Waals surface area contributed by atoms with Gasteiger partial charge in [0.15, 0.2) is 0 Å². The van der Waals surface area contributed by atoms with Crippen molar-refractivity contribution in [3.63, 3.8) is 0 Å². The molecule has 0 N–H and O–H groups in total. The minimum Gasteiger partial charge on any atom is -0.457 e. The van der Waals surface area contributed by atoms with Crippen LogP contribution in [-0.2, 0) is 0 Å². The monoisotopic (exact) mass is 344 g/mol. The van der Waals surface area contributed by atoms with E-state index in [4.69, 9.17) is 4.74 Å². The van der Waals surface area contributed by atoms with Crippen LogP contribution in [0.1, 0.15) is 0 Å². The van der Waals surface area contributed by atoms with Gasteiger partial charge in [-0.1, -0.05) is 15.9 Å². The third-order valence-electron chi connectivity index (χ3n) is 2.94. The first-order valence-corrected chi connectivity index (χ1v) is 6.89. The maximum atomic E-state index is 10.6. The second kappa shape index (κ2) is 5.49. The number of fused-ring (bicyclic) bond motifs is 1. The molecule has 0 spiro atoms. The number of nitro benzene ring substituents is 1. The van der Waals surface area contributed by atoms with Crippen molar-refractivity contribution < 1.29 is 9.66 Å². The molecule has 0 unspecified atom stereocenters. The van der Waals surface area contributed by atoms with E-state index in [-0.39, 0.29) is 5.69 Å². The summed E-state index contributed by atoms with van der Waals surface area (Å²) in [6.45, 7) is 0. The summed E-state index contributed by atoms with van der Waals surface area (Å²) in [5, 5.41) is 11.5. The largest absolute Gasteiger partial charge is 0.457 e. The lowest BCUT2D eigenvalue weighted by Gasteiger charge is -2.08. The van der Waals surface area contributed by atoms with E-state index in [1.54, 1.807) is 24.4 Å². The number of halogens is 1. The second-order valence-corrected chi connectivity index (χ2v) is 5.24. The standard InChI is InChI=1S/C15H9BrN2O3/c16-10-1-6-13-14(9-10)17-8-7-15(13)21-12-4-2-11(3-5-12)18(19)20/h1-9H. The summed E-state index contributed by atoms with van der Waals surface area (Å²) in [5.41, 5.74) is 0.842. The Morgan fingerprint density at radius 1 is 1.10 bits per heavy atom. The van der Waals surface area contributed by atoms with Crippen LogP contribution in [0.5, 0.6) is 11.5 Å². The molecule has 3 aromatic rings. The summed E-state index contributed by atoms with van der Waals surface area (Å²) >= 11 is 3.40. The van der Waals surface area contributed by atoms with Gasteiger partial charge < -0.3 is 4.74 Å². The van der Waals surface area contributed by atoms with Crippen molar-refractivity contribution in [2.24, 2.45) is 0 Å². The van der Waals surface area contributed by atoms with Crippen LogP contribution in [0.15, 0.2) is 59.2 Å². The van der Waals surface area contributed by atoms with Gasteiger partial charge in [0, 0.05) is 28.2 Å². The van der Waals surface area contributed by atoms with Gasteiger partial charge in [-0.2, -0.15) is 0 Å². The van der Waals surface area contributed by atoms with E-state index in [0.29, 0.717) is 11.5 Å². The van der Waals surface area contributed by atoms with Crippen LogP contribution in [0, 0.1) is 10.1 Å². The number of hydrogen-bond acceptors (Lipinski definition) is 4. The first-order valence-electron chi connectivity index (χ1n) is 6.10. The van der Waals surface area contributed by atoms with Crippen LogP contribution in [0.4, 0.5) is 5.69 Å². The van der Waals surface area contributed by atoms with Crippen molar-refractivity contribution >= 4 is 32.5 Å². The fraction of sp³-hybridized carbons (Fsp3) is 0. The number of hydrogen-bond donors (Lipinski definition) is 0. The lowest BCUT2D eigenvalue weighted by Crippen LogP contribution is -1.90. The number of nitrogens with zero attached hydrogens (tertiary/aromatic N) is 2. The molecule has 0 amide bonds. The lowest BCUT2D eigenvalue weighted by atomic mass is 10.2. The molecule has 0 saturated carbocycles. The van der Waals surface area contributed by atoms with Crippen LogP contribution in [-0.4, -0.2) is 9.91 Å². The fourth-order valence-electron chi connectivity index (χ4n) is 1.95. The Kier molecular flexibility index (Phi) is 3.53. The van der Waals surface area contributed by atoms with Crippen molar-refractivity contribution in [2.45, 2.75) is 0 Å². The van der Waals surface area contributed by atoms with E-state index >= 15 is 0 Å². The molecule has 1 aromatic heterocycles. The predicted octanol–water partition coefficient (Wildman–Crippen LogP) is 4.70. The van der Waals surface area contributed by atoms with Gasteiger partial charge in [0.05, 0.1) is 10.4 Å². The molecule has 104 valence electrons. The number of aromatic nitrogens is 1. The molecule has 0 aliphatic rings. The zero-order chi connectivity index (χ0) is 14.8. The van der Waals surface area contributed by atoms with Crippen molar-refractivity contribution in [3.8, 4) is 11.5 Å². The smallest absolute Gasteiger partial charge is 0.269 e. The number of non-ortho nitro benzene ring substituents is 1. The summed E-state index contributed by atoms with van der Waals surface area (Å²) in [4.78, 5) is 14.5. The average molecular weight is 345 g/mol. The zero-order valence-electron chi connectivity index (χ0n) is 10.7. The highest BCUT2D eigenvalue weighted by atomic mass is 79.9. The Bertz CT molecular complexity index is 819. The summed E-state index contributed by atoms with van der Waals surface area (Å²) in [7, 11) is 0. The third kappa shape index (κ3) is 2.85. The fourth-order valence-corrected chi connectivity index (χ4v) is 2.30. The summed E-state index contributed by atoms with van der Waals surface area (Å²) < 4.78 is 6.73. The van der Waals surface area contributed by atoms with Crippen molar-refractivity contribution in [2.75, 3.05) is 0 Å². The molecule has 0 fully saturated rings. The molecule has 0 aliphatic heterocycles. The van der Waals surface area contributed by atoms with E-state index in [9.17, 15) is 10.1 Å². The molecule has 3 rings (SSSR count). The van der Waals surface area contributed by atoms with Crippen LogP contribution in [0.2, 0.25) is 0 Å². The minimum absolute atomic E-state index is 0.0332. The molecule has 6 heteroatoms. The Morgan fingerprint density at radius 3 is 2.57 bits per heavy atom. The van der Waals surface area contributed by atoms with Crippen LogP contribution < -0.4 is 4.74 Å². The summed E-state index contributed by atoms with van der Waals surface area (Å²) in [6, 6.07) is 13.5. The van der Waals surface area contributed by atoms with Crippen molar-refractivity contribution in [3.05, 3.63) is 69.3 Å².